The SMILES string of the molecule is C=CCNc1cncc(C(=O)Nc2ccccc2C#N)c1. The Balaban J connectivity index is 2.17. The van der Waals surface area contributed by atoms with Crippen LogP contribution in [0.15, 0.2) is 55.4 Å². The van der Waals surface area contributed by atoms with Crippen LogP contribution in [-0.2, 0) is 0 Å². The summed E-state index contributed by atoms with van der Waals surface area (Å²) in [6.45, 7) is 4.20. The van der Waals surface area contributed by atoms with Crippen LogP contribution in [0, 0.1) is 11.3 Å². The predicted octanol–water partition coefficient (Wildman–Crippen LogP) is 2.80. The summed E-state index contributed by atoms with van der Waals surface area (Å²) in [6.07, 6.45) is 4.82. The van der Waals surface area contributed by atoms with E-state index in [1.54, 1.807) is 42.6 Å². The second-order valence-electron chi connectivity index (χ2n) is 4.24. The van der Waals surface area contributed by atoms with Gasteiger partial charge in [0.25, 0.3) is 5.91 Å². The molecule has 0 aliphatic rings. The van der Waals surface area contributed by atoms with Crippen LogP contribution in [0.5, 0.6) is 0 Å². The number of para-hydroxylation sites is 1. The summed E-state index contributed by atoms with van der Waals surface area (Å²) in [5, 5.41) is 14.8. The molecule has 5 heteroatoms. The maximum absolute atomic E-state index is 12.2. The van der Waals surface area contributed by atoms with Crippen molar-refractivity contribution in [3.63, 3.8) is 0 Å². The van der Waals surface area contributed by atoms with Crippen molar-refractivity contribution < 1.29 is 4.79 Å². The molecule has 5 nitrogen and oxygen atoms in total. The molecule has 0 spiro atoms. The minimum atomic E-state index is -0.313. The topological polar surface area (TPSA) is 77.8 Å². The number of pyridine rings is 1. The number of nitrogens with zero attached hydrogens (tertiary/aromatic N) is 2. The van der Waals surface area contributed by atoms with Gasteiger partial charge in [0.1, 0.15) is 6.07 Å². The van der Waals surface area contributed by atoms with Gasteiger partial charge in [-0.3, -0.25) is 9.78 Å². The molecule has 1 heterocycles. The minimum Gasteiger partial charge on any atom is -0.380 e. The smallest absolute Gasteiger partial charge is 0.257 e. The first-order valence-corrected chi connectivity index (χ1v) is 6.35. The molecule has 0 saturated heterocycles. The molecule has 1 aromatic heterocycles. The van der Waals surface area contributed by atoms with Crippen LogP contribution < -0.4 is 10.6 Å². The third kappa shape index (κ3) is 3.67. The van der Waals surface area contributed by atoms with Crippen LogP contribution >= 0.6 is 0 Å². The number of hydrogen-bond acceptors (Lipinski definition) is 4. The van der Waals surface area contributed by atoms with Crippen LogP contribution in [0.3, 0.4) is 0 Å². The molecule has 104 valence electrons. The molecule has 21 heavy (non-hydrogen) atoms. The first-order valence-electron chi connectivity index (χ1n) is 6.35. The summed E-state index contributed by atoms with van der Waals surface area (Å²) in [5.41, 5.74) is 2.04. The van der Waals surface area contributed by atoms with Crippen LogP contribution in [0.1, 0.15) is 15.9 Å². The van der Waals surface area contributed by atoms with Crippen molar-refractivity contribution in [3.8, 4) is 6.07 Å². The number of amides is 1. The van der Waals surface area contributed by atoms with Crippen molar-refractivity contribution in [2.24, 2.45) is 0 Å². The van der Waals surface area contributed by atoms with Crippen molar-refractivity contribution in [2.75, 3.05) is 17.2 Å². The fourth-order valence-electron chi connectivity index (χ4n) is 1.73. The first-order chi connectivity index (χ1) is 10.2. The Labute approximate surface area is 122 Å². The number of aromatic nitrogens is 1. The summed E-state index contributed by atoms with van der Waals surface area (Å²) in [4.78, 5) is 16.2. The molecule has 0 atom stereocenters. The monoisotopic (exact) mass is 278 g/mol. The quantitative estimate of drug-likeness (QED) is 0.824. The zero-order valence-corrected chi connectivity index (χ0v) is 11.3. The molecule has 0 unspecified atom stereocenters. The number of benzene rings is 1. The Hall–Kier alpha value is -3.13. The van der Waals surface area contributed by atoms with Gasteiger partial charge in [-0.15, -0.1) is 6.58 Å². The summed E-state index contributed by atoms with van der Waals surface area (Å²) in [7, 11) is 0. The molecule has 0 radical (unpaired) electrons. The summed E-state index contributed by atoms with van der Waals surface area (Å²) in [6, 6.07) is 10.6. The average Bonchev–Trinajstić information content (AvgIpc) is 2.53. The molecule has 0 saturated carbocycles. The standard InChI is InChI=1S/C16H14N4O/c1-2-7-19-14-8-13(10-18-11-14)16(21)20-15-6-4-3-5-12(15)9-17/h2-6,8,10-11,19H,1,7H2,(H,20,21). The van der Waals surface area contributed by atoms with Gasteiger partial charge >= 0.3 is 0 Å². The number of carbonyl (C=O) groups excluding carboxylic acids is 1. The van der Waals surface area contributed by atoms with E-state index in [0.29, 0.717) is 23.4 Å². The summed E-state index contributed by atoms with van der Waals surface area (Å²) in [5.74, 6) is -0.313. The third-order valence-electron chi connectivity index (χ3n) is 2.75. The van der Waals surface area contributed by atoms with Crippen molar-refractivity contribution in [2.45, 2.75) is 0 Å². The molecule has 1 amide bonds. The maximum Gasteiger partial charge on any atom is 0.257 e. The Kier molecular flexibility index (Phi) is 4.67. The van der Waals surface area contributed by atoms with Crippen LogP contribution in [0.2, 0.25) is 0 Å². The van der Waals surface area contributed by atoms with Crippen LogP contribution in [0.4, 0.5) is 11.4 Å². The number of carbonyl (C=O) groups is 1. The zero-order valence-electron chi connectivity index (χ0n) is 11.3. The molecular formula is C16H14N4O. The number of nitrogens with one attached hydrogen (secondary N) is 2. The van der Waals surface area contributed by atoms with Gasteiger partial charge in [0.2, 0.25) is 0 Å². The Bertz CT molecular complexity index is 703. The lowest BCUT2D eigenvalue weighted by atomic mass is 10.2. The van der Waals surface area contributed by atoms with E-state index in [4.69, 9.17) is 5.26 Å². The van der Waals surface area contributed by atoms with Crippen molar-refractivity contribution >= 4 is 17.3 Å². The molecule has 2 aromatic rings. The lowest BCUT2D eigenvalue weighted by molar-refractivity contribution is 0.102. The van der Waals surface area contributed by atoms with E-state index in [1.165, 1.54) is 6.20 Å². The zero-order chi connectivity index (χ0) is 15.1. The van der Waals surface area contributed by atoms with E-state index < -0.39 is 0 Å². The normalized spacial score (nSPS) is 9.48. The highest BCUT2D eigenvalue weighted by Crippen LogP contribution is 2.16. The molecular weight excluding hydrogens is 264 g/mol. The highest BCUT2D eigenvalue weighted by molar-refractivity contribution is 6.05. The molecule has 2 rings (SSSR count). The van der Waals surface area contributed by atoms with Gasteiger partial charge in [-0.1, -0.05) is 18.2 Å². The number of anilines is 2. The van der Waals surface area contributed by atoms with Gasteiger partial charge < -0.3 is 10.6 Å². The summed E-state index contributed by atoms with van der Waals surface area (Å²) >= 11 is 0. The molecule has 2 N–H and O–H groups in total. The minimum absolute atomic E-state index is 0.313. The largest absolute Gasteiger partial charge is 0.380 e. The molecule has 0 aliphatic carbocycles. The highest BCUT2D eigenvalue weighted by atomic mass is 16.1. The number of hydrogen-bond donors (Lipinski definition) is 2. The van der Waals surface area contributed by atoms with E-state index in [2.05, 4.69) is 22.2 Å². The van der Waals surface area contributed by atoms with Crippen LogP contribution in [-0.4, -0.2) is 17.4 Å². The molecule has 0 aliphatic heterocycles. The van der Waals surface area contributed by atoms with Crippen molar-refractivity contribution in [3.05, 3.63) is 66.5 Å². The lowest BCUT2D eigenvalue weighted by Gasteiger charge is -2.08. The molecule has 0 bridgehead atoms. The van der Waals surface area contributed by atoms with Crippen LogP contribution in [0.25, 0.3) is 0 Å². The van der Waals surface area contributed by atoms with E-state index in [9.17, 15) is 4.79 Å². The van der Waals surface area contributed by atoms with E-state index >= 15 is 0 Å². The van der Waals surface area contributed by atoms with E-state index in [1.807, 2.05) is 6.07 Å². The Morgan fingerprint density at radius 2 is 2.19 bits per heavy atom. The molecule has 1 aromatic carbocycles. The lowest BCUT2D eigenvalue weighted by Crippen LogP contribution is -2.13. The first kappa shape index (κ1) is 14.3. The third-order valence-corrected chi connectivity index (χ3v) is 2.75. The second kappa shape index (κ2) is 6.87. The van der Waals surface area contributed by atoms with Crippen molar-refractivity contribution in [1.29, 1.82) is 5.26 Å². The van der Waals surface area contributed by atoms with Crippen molar-refractivity contribution in [1.82, 2.24) is 4.98 Å². The van der Waals surface area contributed by atoms with Gasteiger partial charge in [0, 0.05) is 18.9 Å². The predicted molar refractivity (Wildman–Crippen MR) is 82.0 cm³/mol. The maximum atomic E-state index is 12.2. The van der Waals surface area contributed by atoms with E-state index in [-0.39, 0.29) is 5.91 Å². The number of rotatable bonds is 5. The van der Waals surface area contributed by atoms with Gasteiger partial charge in [0.15, 0.2) is 0 Å². The van der Waals surface area contributed by atoms with Gasteiger partial charge in [-0.05, 0) is 18.2 Å². The average molecular weight is 278 g/mol. The summed E-state index contributed by atoms with van der Waals surface area (Å²) < 4.78 is 0. The number of nitriles is 1. The fourth-order valence-corrected chi connectivity index (χ4v) is 1.73. The van der Waals surface area contributed by atoms with Gasteiger partial charge in [-0.2, -0.15) is 5.26 Å². The van der Waals surface area contributed by atoms with Gasteiger partial charge in [0.05, 0.1) is 22.5 Å². The Morgan fingerprint density at radius 3 is 2.95 bits per heavy atom. The Morgan fingerprint density at radius 1 is 1.38 bits per heavy atom. The second-order valence-corrected chi connectivity index (χ2v) is 4.24. The van der Waals surface area contributed by atoms with Gasteiger partial charge in [-0.25, -0.2) is 0 Å². The highest BCUT2D eigenvalue weighted by Gasteiger charge is 2.09. The fraction of sp³-hybridized carbons (Fsp3) is 0.0625. The molecule has 0 fully saturated rings. The van der Waals surface area contributed by atoms with E-state index in [0.717, 1.165) is 5.69 Å².